The minimum absolute atomic E-state index is 0.463. The Morgan fingerprint density at radius 2 is 1.85 bits per heavy atom. The fraction of sp³-hybridized carbons (Fsp3) is 0.238. The number of anilines is 2. The van der Waals surface area contributed by atoms with E-state index in [2.05, 4.69) is 41.7 Å². The monoisotopic (exact) mass is 365 g/mol. The molecule has 4 nitrogen and oxygen atoms in total. The number of rotatable bonds is 8. The van der Waals surface area contributed by atoms with Crippen molar-refractivity contribution in [2.45, 2.75) is 20.4 Å². The van der Waals surface area contributed by atoms with Crippen LogP contribution in [0.4, 0.5) is 10.8 Å². The number of amides is 1. The van der Waals surface area contributed by atoms with Crippen molar-refractivity contribution in [2.24, 2.45) is 5.92 Å². The second kappa shape index (κ2) is 8.63. The van der Waals surface area contributed by atoms with Gasteiger partial charge in [-0.15, -0.1) is 11.3 Å². The Kier molecular flexibility index (Phi) is 6.02. The number of aromatic nitrogens is 1. The molecule has 0 fully saturated rings. The molecule has 0 saturated carbocycles. The number of carbonyl (C=O) groups excluding carboxylic acids is 1. The van der Waals surface area contributed by atoms with Crippen LogP contribution in [0.5, 0.6) is 0 Å². The van der Waals surface area contributed by atoms with Crippen molar-refractivity contribution in [1.29, 1.82) is 0 Å². The highest BCUT2D eigenvalue weighted by atomic mass is 32.1. The number of hydrogen-bond acceptors (Lipinski definition) is 4. The van der Waals surface area contributed by atoms with Gasteiger partial charge in [0.2, 0.25) is 6.41 Å². The first-order valence-corrected chi connectivity index (χ1v) is 9.58. The van der Waals surface area contributed by atoms with Crippen LogP contribution in [0.3, 0.4) is 0 Å². The molecule has 5 heteroatoms. The molecule has 26 heavy (non-hydrogen) atoms. The lowest BCUT2D eigenvalue weighted by Crippen LogP contribution is -2.25. The Hall–Kier alpha value is -2.66. The van der Waals surface area contributed by atoms with E-state index in [-0.39, 0.29) is 0 Å². The molecule has 0 aliphatic rings. The highest BCUT2D eigenvalue weighted by Crippen LogP contribution is 2.27. The van der Waals surface area contributed by atoms with Crippen molar-refractivity contribution in [2.75, 3.05) is 11.9 Å². The zero-order valence-corrected chi connectivity index (χ0v) is 15.9. The van der Waals surface area contributed by atoms with E-state index in [9.17, 15) is 4.79 Å². The predicted octanol–water partition coefficient (Wildman–Crippen LogP) is 5.17. The molecule has 0 atom stereocenters. The Morgan fingerprint density at radius 3 is 2.50 bits per heavy atom. The molecule has 3 rings (SSSR count). The van der Waals surface area contributed by atoms with E-state index in [1.165, 1.54) is 0 Å². The zero-order chi connectivity index (χ0) is 18.4. The van der Waals surface area contributed by atoms with Gasteiger partial charge in [-0.3, -0.25) is 4.79 Å². The van der Waals surface area contributed by atoms with E-state index < -0.39 is 0 Å². The topological polar surface area (TPSA) is 45.2 Å². The van der Waals surface area contributed by atoms with Crippen molar-refractivity contribution in [3.63, 3.8) is 0 Å². The summed E-state index contributed by atoms with van der Waals surface area (Å²) in [6.07, 6.45) is 0.923. The highest BCUT2D eigenvalue weighted by Gasteiger charge is 2.07. The first kappa shape index (κ1) is 18.1. The van der Waals surface area contributed by atoms with Gasteiger partial charge in [-0.05, 0) is 23.6 Å². The van der Waals surface area contributed by atoms with Gasteiger partial charge < -0.3 is 10.2 Å². The van der Waals surface area contributed by atoms with E-state index >= 15 is 0 Å². The van der Waals surface area contributed by atoms with Crippen molar-refractivity contribution >= 4 is 28.6 Å². The van der Waals surface area contributed by atoms with Gasteiger partial charge in [0, 0.05) is 29.7 Å². The molecule has 1 heterocycles. The van der Waals surface area contributed by atoms with Gasteiger partial charge >= 0.3 is 0 Å². The summed E-state index contributed by atoms with van der Waals surface area (Å²) in [7, 11) is 0. The number of nitrogens with zero attached hydrogens (tertiary/aromatic N) is 2. The summed E-state index contributed by atoms with van der Waals surface area (Å²) in [4.78, 5) is 17.6. The second-order valence-corrected chi connectivity index (χ2v) is 7.51. The Morgan fingerprint density at radius 1 is 1.12 bits per heavy atom. The molecule has 0 aliphatic heterocycles. The number of nitrogens with one attached hydrogen (secondary N) is 1. The van der Waals surface area contributed by atoms with Crippen LogP contribution in [0.1, 0.15) is 19.4 Å². The van der Waals surface area contributed by atoms with Crippen LogP contribution in [0.2, 0.25) is 0 Å². The van der Waals surface area contributed by atoms with E-state index in [4.69, 9.17) is 0 Å². The van der Waals surface area contributed by atoms with Crippen LogP contribution < -0.4 is 5.32 Å². The molecular weight excluding hydrogens is 342 g/mol. The molecule has 3 aromatic rings. The number of hydrogen-bond donors (Lipinski definition) is 1. The van der Waals surface area contributed by atoms with E-state index in [1.807, 2.05) is 42.5 Å². The molecule has 1 aromatic heterocycles. The van der Waals surface area contributed by atoms with Crippen LogP contribution in [0, 0.1) is 5.92 Å². The molecular formula is C21H23N3OS. The second-order valence-electron chi connectivity index (χ2n) is 6.65. The van der Waals surface area contributed by atoms with Gasteiger partial charge in [0.1, 0.15) is 0 Å². The minimum Gasteiger partial charge on any atom is -0.341 e. The summed E-state index contributed by atoms with van der Waals surface area (Å²) in [5.41, 5.74) is 4.20. The number of thiazole rings is 1. The third kappa shape index (κ3) is 4.92. The average Bonchev–Trinajstić information content (AvgIpc) is 3.11. The maximum atomic E-state index is 11.2. The standard InChI is InChI=1S/C21H23N3OS/c1-16(2)12-24(15-25)13-17-8-10-19(11-9-17)22-21-23-20(14-26-21)18-6-4-3-5-7-18/h3-11,14-16H,12-13H2,1-2H3,(H,22,23). The van der Waals surface area contributed by atoms with Crippen LogP contribution in [0.15, 0.2) is 60.0 Å². The molecule has 2 aromatic carbocycles. The zero-order valence-electron chi connectivity index (χ0n) is 15.1. The third-order valence-corrected chi connectivity index (χ3v) is 4.67. The largest absolute Gasteiger partial charge is 0.341 e. The van der Waals surface area contributed by atoms with E-state index in [1.54, 1.807) is 16.2 Å². The molecule has 1 amide bonds. The molecule has 0 unspecified atom stereocenters. The van der Waals surface area contributed by atoms with Gasteiger partial charge in [-0.2, -0.15) is 0 Å². The van der Waals surface area contributed by atoms with Crippen molar-refractivity contribution in [3.05, 3.63) is 65.5 Å². The summed E-state index contributed by atoms with van der Waals surface area (Å²) < 4.78 is 0. The van der Waals surface area contributed by atoms with Crippen LogP contribution in [-0.4, -0.2) is 22.8 Å². The maximum absolute atomic E-state index is 11.2. The molecule has 0 bridgehead atoms. The summed E-state index contributed by atoms with van der Waals surface area (Å²) in [6, 6.07) is 18.3. The van der Waals surface area contributed by atoms with Crippen molar-refractivity contribution in [1.82, 2.24) is 9.88 Å². The van der Waals surface area contributed by atoms with E-state index in [0.717, 1.165) is 40.6 Å². The van der Waals surface area contributed by atoms with Gasteiger partial charge in [-0.25, -0.2) is 4.98 Å². The van der Waals surface area contributed by atoms with E-state index in [0.29, 0.717) is 12.5 Å². The highest BCUT2D eigenvalue weighted by molar-refractivity contribution is 7.14. The predicted molar refractivity (Wildman–Crippen MR) is 109 cm³/mol. The average molecular weight is 366 g/mol. The Labute approximate surface area is 158 Å². The number of benzene rings is 2. The lowest BCUT2D eigenvalue weighted by molar-refractivity contribution is -0.119. The summed E-state index contributed by atoms with van der Waals surface area (Å²) in [6.45, 7) is 5.63. The molecule has 0 radical (unpaired) electrons. The molecule has 0 aliphatic carbocycles. The van der Waals surface area contributed by atoms with Crippen LogP contribution in [0.25, 0.3) is 11.3 Å². The smallest absolute Gasteiger partial charge is 0.210 e. The quantitative estimate of drug-likeness (QED) is 0.560. The van der Waals surface area contributed by atoms with Crippen molar-refractivity contribution < 1.29 is 4.79 Å². The Bertz CT molecular complexity index is 828. The summed E-state index contributed by atoms with van der Waals surface area (Å²) >= 11 is 1.59. The molecule has 0 saturated heterocycles. The van der Waals surface area contributed by atoms with Gasteiger partial charge in [0.05, 0.1) is 5.69 Å². The molecule has 0 spiro atoms. The SMILES string of the molecule is CC(C)CN(C=O)Cc1ccc(Nc2nc(-c3ccccc3)cs2)cc1. The number of carbonyl (C=O) groups is 1. The summed E-state index contributed by atoms with van der Waals surface area (Å²) in [5, 5.41) is 6.27. The normalized spacial score (nSPS) is 10.7. The van der Waals surface area contributed by atoms with Gasteiger partial charge in [0.15, 0.2) is 5.13 Å². The minimum atomic E-state index is 0.463. The summed E-state index contributed by atoms with van der Waals surface area (Å²) in [5.74, 6) is 0.463. The van der Waals surface area contributed by atoms with Crippen molar-refractivity contribution in [3.8, 4) is 11.3 Å². The van der Waals surface area contributed by atoms with Gasteiger partial charge in [0.25, 0.3) is 0 Å². The van der Waals surface area contributed by atoms with Crippen LogP contribution >= 0.6 is 11.3 Å². The molecule has 1 N–H and O–H groups in total. The fourth-order valence-electron chi connectivity index (χ4n) is 2.74. The lowest BCUT2D eigenvalue weighted by atomic mass is 10.1. The lowest BCUT2D eigenvalue weighted by Gasteiger charge is -2.19. The van der Waals surface area contributed by atoms with Gasteiger partial charge in [-0.1, -0.05) is 56.3 Å². The van der Waals surface area contributed by atoms with Crippen LogP contribution in [-0.2, 0) is 11.3 Å². The maximum Gasteiger partial charge on any atom is 0.210 e. The first-order valence-electron chi connectivity index (χ1n) is 8.70. The molecule has 134 valence electrons. The fourth-order valence-corrected chi connectivity index (χ4v) is 3.48. The Balaban J connectivity index is 1.63. The first-order chi connectivity index (χ1) is 12.6. The third-order valence-electron chi connectivity index (χ3n) is 3.91.